The van der Waals surface area contributed by atoms with Crippen molar-refractivity contribution in [2.24, 2.45) is 0 Å². The molecule has 0 saturated carbocycles. The van der Waals surface area contributed by atoms with Gasteiger partial charge in [-0.3, -0.25) is 9.59 Å². The Bertz CT molecular complexity index is 963. The summed E-state index contributed by atoms with van der Waals surface area (Å²) < 4.78 is 5.59. The molecule has 2 amide bonds. The molecule has 3 aromatic rings. The van der Waals surface area contributed by atoms with E-state index in [1.807, 2.05) is 55.5 Å². The molecule has 5 heteroatoms. The van der Waals surface area contributed by atoms with E-state index < -0.39 is 0 Å². The lowest BCUT2D eigenvalue weighted by Crippen LogP contribution is -2.22. The van der Waals surface area contributed by atoms with Gasteiger partial charge in [-0.25, -0.2) is 0 Å². The molecule has 1 unspecified atom stereocenters. The van der Waals surface area contributed by atoms with Gasteiger partial charge in [-0.15, -0.1) is 0 Å². The monoisotopic (exact) mass is 390 g/mol. The van der Waals surface area contributed by atoms with Crippen molar-refractivity contribution in [1.82, 2.24) is 4.90 Å². The molecule has 0 radical (unpaired) electrons. The highest BCUT2D eigenvalue weighted by molar-refractivity contribution is 5.97. The Morgan fingerprint density at radius 3 is 2.45 bits per heavy atom. The number of furan rings is 1. The van der Waals surface area contributed by atoms with Gasteiger partial charge in [0.05, 0.1) is 6.26 Å². The molecule has 0 aliphatic rings. The van der Waals surface area contributed by atoms with Crippen molar-refractivity contribution in [3.63, 3.8) is 0 Å². The van der Waals surface area contributed by atoms with E-state index in [-0.39, 0.29) is 24.2 Å². The zero-order chi connectivity index (χ0) is 20.8. The number of hydrogen-bond acceptors (Lipinski definition) is 3. The van der Waals surface area contributed by atoms with Crippen LogP contribution in [0.5, 0.6) is 0 Å². The van der Waals surface area contributed by atoms with Crippen LogP contribution >= 0.6 is 0 Å². The average molecular weight is 390 g/mol. The highest BCUT2D eigenvalue weighted by atomic mass is 16.3. The molecule has 0 aliphatic carbocycles. The molecule has 1 N–H and O–H groups in total. The van der Waals surface area contributed by atoms with E-state index in [2.05, 4.69) is 5.32 Å². The number of carbonyl (C=O) groups is 2. The lowest BCUT2D eigenvalue weighted by molar-refractivity contribution is -0.116. The van der Waals surface area contributed by atoms with Gasteiger partial charge in [0, 0.05) is 37.7 Å². The van der Waals surface area contributed by atoms with E-state index in [0.29, 0.717) is 17.7 Å². The van der Waals surface area contributed by atoms with Crippen LogP contribution in [0.2, 0.25) is 0 Å². The summed E-state index contributed by atoms with van der Waals surface area (Å²) >= 11 is 0. The second-order valence-electron chi connectivity index (χ2n) is 7.38. The van der Waals surface area contributed by atoms with E-state index >= 15 is 0 Å². The van der Waals surface area contributed by atoms with Crippen LogP contribution in [0.1, 0.15) is 39.6 Å². The standard InChI is InChI=1S/C24H26N2O3/c1-17-11-12-19(24(28)26(2)3)15-21(17)25-23(27)16-20(22-10-7-13-29-22)14-18-8-5-4-6-9-18/h4-13,15,20H,14,16H2,1-3H3,(H,25,27). The van der Waals surface area contributed by atoms with Crippen LogP contribution < -0.4 is 5.32 Å². The van der Waals surface area contributed by atoms with E-state index in [9.17, 15) is 9.59 Å². The van der Waals surface area contributed by atoms with Gasteiger partial charge in [0.2, 0.25) is 5.91 Å². The number of anilines is 1. The molecule has 0 bridgehead atoms. The van der Waals surface area contributed by atoms with E-state index in [1.165, 1.54) is 4.90 Å². The average Bonchev–Trinajstić information content (AvgIpc) is 3.24. The number of amides is 2. The van der Waals surface area contributed by atoms with Crippen molar-refractivity contribution in [1.29, 1.82) is 0 Å². The van der Waals surface area contributed by atoms with Crippen molar-refractivity contribution in [3.05, 3.63) is 89.4 Å². The number of benzene rings is 2. The van der Waals surface area contributed by atoms with Crippen molar-refractivity contribution < 1.29 is 14.0 Å². The van der Waals surface area contributed by atoms with Crippen molar-refractivity contribution in [2.45, 2.75) is 25.7 Å². The van der Waals surface area contributed by atoms with Crippen molar-refractivity contribution in [2.75, 3.05) is 19.4 Å². The van der Waals surface area contributed by atoms with Gasteiger partial charge < -0.3 is 14.6 Å². The summed E-state index contributed by atoms with van der Waals surface area (Å²) in [6.45, 7) is 1.91. The van der Waals surface area contributed by atoms with Crippen molar-refractivity contribution >= 4 is 17.5 Å². The Kier molecular flexibility index (Phi) is 6.50. The summed E-state index contributed by atoms with van der Waals surface area (Å²) in [7, 11) is 3.41. The third-order valence-electron chi connectivity index (χ3n) is 4.87. The van der Waals surface area contributed by atoms with E-state index in [0.717, 1.165) is 16.9 Å². The zero-order valence-electron chi connectivity index (χ0n) is 17.0. The summed E-state index contributed by atoms with van der Waals surface area (Å²) in [5.74, 6) is 0.509. The minimum Gasteiger partial charge on any atom is -0.469 e. The third kappa shape index (κ3) is 5.35. The molecule has 1 heterocycles. The van der Waals surface area contributed by atoms with Crippen LogP contribution in [0.25, 0.3) is 0 Å². The smallest absolute Gasteiger partial charge is 0.253 e. The molecule has 0 spiro atoms. The first-order chi connectivity index (χ1) is 13.9. The van der Waals surface area contributed by atoms with Gasteiger partial charge in [0.25, 0.3) is 5.91 Å². The first-order valence-electron chi connectivity index (χ1n) is 9.63. The predicted molar refractivity (Wildman–Crippen MR) is 114 cm³/mol. The largest absolute Gasteiger partial charge is 0.469 e. The molecule has 1 aromatic heterocycles. The van der Waals surface area contributed by atoms with Gasteiger partial charge in [-0.1, -0.05) is 36.4 Å². The van der Waals surface area contributed by atoms with Gasteiger partial charge >= 0.3 is 0 Å². The minimum absolute atomic E-state index is 0.0701. The molecule has 1 atom stereocenters. The van der Waals surface area contributed by atoms with Gasteiger partial charge in [0.1, 0.15) is 5.76 Å². The van der Waals surface area contributed by atoms with E-state index in [1.54, 1.807) is 32.5 Å². The lowest BCUT2D eigenvalue weighted by atomic mass is 9.93. The molecule has 5 nitrogen and oxygen atoms in total. The molecule has 0 saturated heterocycles. The van der Waals surface area contributed by atoms with Gasteiger partial charge in [0.15, 0.2) is 0 Å². The maximum Gasteiger partial charge on any atom is 0.253 e. The molecular formula is C24H26N2O3. The SMILES string of the molecule is Cc1ccc(C(=O)N(C)C)cc1NC(=O)CC(Cc1ccccc1)c1ccco1. The lowest BCUT2D eigenvalue weighted by Gasteiger charge is -2.17. The third-order valence-corrected chi connectivity index (χ3v) is 4.87. The molecule has 150 valence electrons. The Labute approximate surface area is 171 Å². The number of aryl methyl sites for hydroxylation is 1. The number of hydrogen-bond donors (Lipinski definition) is 1. The number of nitrogens with zero attached hydrogens (tertiary/aromatic N) is 1. The topological polar surface area (TPSA) is 62.6 Å². The molecule has 29 heavy (non-hydrogen) atoms. The van der Waals surface area contributed by atoms with Crippen LogP contribution in [0.15, 0.2) is 71.3 Å². The fourth-order valence-corrected chi connectivity index (χ4v) is 3.27. The quantitative estimate of drug-likeness (QED) is 0.639. The van der Waals surface area contributed by atoms with Gasteiger partial charge in [-0.05, 0) is 48.7 Å². The van der Waals surface area contributed by atoms with E-state index in [4.69, 9.17) is 4.42 Å². The highest BCUT2D eigenvalue weighted by Crippen LogP contribution is 2.26. The van der Waals surface area contributed by atoms with Crippen LogP contribution in [-0.2, 0) is 11.2 Å². The second kappa shape index (κ2) is 9.24. The van der Waals surface area contributed by atoms with Crippen LogP contribution in [-0.4, -0.2) is 30.8 Å². The molecule has 0 fully saturated rings. The molecule has 3 rings (SSSR count). The number of rotatable bonds is 7. The van der Waals surface area contributed by atoms with Crippen molar-refractivity contribution in [3.8, 4) is 0 Å². The van der Waals surface area contributed by atoms with Crippen LogP contribution in [0.4, 0.5) is 5.69 Å². The summed E-state index contributed by atoms with van der Waals surface area (Å²) in [6.07, 6.45) is 2.62. The highest BCUT2D eigenvalue weighted by Gasteiger charge is 2.20. The fraction of sp³-hybridized carbons (Fsp3) is 0.250. The molecule has 0 aliphatic heterocycles. The maximum atomic E-state index is 12.8. The fourth-order valence-electron chi connectivity index (χ4n) is 3.27. The summed E-state index contributed by atoms with van der Waals surface area (Å²) in [6, 6.07) is 19.2. The predicted octanol–water partition coefficient (Wildman–Crippen LogP) is 4.64. The molecular weight excluding hydrogens is 364 g/mol. The van der Waals surface area contributed by atoms with Crippen LogP contribution in [0.3, 0.4) is 0 Å². The Morgan fingerprint density at radius 2 is 1.79 bits per heavy atom. The number of carbonyl (C=O) groups excluding carboxylic acids is 2. The number of nitrogens with one attached hydrogen (secondary N) is 1. The minimum atomic E-state index is -0.111. The first kappa shape index (κ1) is 20.4. The second-order valence-corrected chi connectivity index (χ2v) is 7.38. The first-order valence-corrected chi connectivity index (χ1v) is 9.63. The zero-order valence-corrected chi connectivity index (χ0v) is 17.0. The molecule has 2 aromatic carbocycles. The van der Waals surface area contributed by atoms with Crippen LogP contribution in [0, 0.1) is 6.92 Å². The Hall–Kier alpha value is -3.34. The Balaban J connectivity index is 1.75. The van der Waals surface area contributed by atoms with Gasteiger partial charge in [-0.2, -0.15) is 0 Å². The normalized spacial score (nSPS) is 11.7. The summed E-state index contributed by atoms with van der Waals surface area (Å²) in [5.41, 5.74) is 3.26. The Morgan fingerprint density at radius 1 is 1.03 bits per heavy atom. The summed E-state index contributed by atoms with van der Waals surface area (Å²) in [4.78, 5) is 26.6. The maximum absolute atomic E-state index is 12.8. The summed E-state index contributed by atoms with van der Waals surface area (Å²) in [5, 5.41) is 2.97.